The van der Waals surface area contributed by atoms with Crippen LogP contribution in [0, 0.1) is 11.8 Å². The zero-order chi connectivity index (χ0) is 49.6. The monoisotopic (exact) mass is 961 g/mol. The molecule has 0 aliphatic rings. The van der Waals surface area contributed by atoms with E-state index in [1.54, 1.807) is 0 Å². The summed E-state index contributed by atoms with van der Waals surface area (Å²) in [6.45, 7) is 11.4. The average Bonchev–Trinajstić information content (AvgIpc) is 3.31. The van der Waals surface area contributed by atoms with Gasteiger partial charge in [-0.2, -0.15) is 0 Å². The molecule has 0 amide bonds. The third-order valence-electron chi connectivity index (χ3n) is 14.2. The van der Waals surface area contributed by atoms with Crippen molar-refractivity contribution in [3.8, 4) is 0 Å². The summed E-state index contributed by atoms with van der Waals surface area (Å²) in [4.78, 5) is 38.2. The Morgan fingerprint density at radius 2 is 0.485 bits per heavy atom. The number of unbranched alkanes of at least 4 members (excludes halogenated alkanes) is 41. The van der Waals surface area contributed by atoms with E-state index in [2.05, 4.69) is 34.6 Å². The molecule has 0 radical (unpaired) electrons. The minimum atomic E-state index is -0.763. The van der Waals surface area contributed by atoms with Gasteiger partial charge in [-0.05, 0) is 31.1 Å². The van der Waals surface area contributed by atoms with Crippen LogP contribution in [0.1, 0.15) is 349 Å². The predicted molar refractivity (Wildman–Crippen MR) is 293 cm³/mol. The van der Waals surface area contributed by atoms with Gasteiger partial charge in [-0.25, -0.2) is 0 Å². The minimum Gasteiger partial charge on any atom is -0.462 e. The molecular formula is C62H120O6. The fourth-order valence-electron chi connectivity index (χ4n) is 9.58. The van der Waals surface area contributed by atoms with Gasteiger partial charge in [0.15, 0.2) is 6.10 Å². The maximum atomic E-state index is 12.9. The number of rotatable bonds is 56. The third-order valence-corrected chi connectivity index (χ3v) is 14.2. The van der Waals surface area contributed by atoms with Gasteiger partial charge < -0.3 is 14.2 Å². The van der Waals surface area contributed by atoms with Crippen LogP contribution in [0.15, 0.2) is 0 Å². The number of hydrogen-bond donors (Lipinski definition) is 0. The number of esters is 3. The minimum absolute atomic E-state index is 0.0620. The highest BCUT2D eigenvalue weighted by Gasteiger charge is 2.19. The molecule has 0 saturated heterocycles. The highest BCUT2D eigenvalue weighted by atomic mass is 16.6. The van der Waals surface area contributed by atoms with Crippen molar-refractivity contribution in [3.63, 3.8) is 0 Å². The SMILES string of the molecule is CCCCCCCCCCCCCCCCC(=O)OC[C@@H](COC(=O)CCCCCCCCCCCCCCCCCC(C)C)OC(=O)CCCCCCCCCCCCCCCCCC(C)C. The van der Waals surface area contributed by atoms with Crippen molar-refractivity contribution in [1.29, 1.82) is 0 Å². The summed E-state index contributed by atoms with van der Waals surface area (Å²) in [6, 6.07) is 0. The zero-order valence-corrected chi connectivity index (χ0v) is 46.7. The molecule has 68 heavy (non-hydrogen) atoms. The summed E-state index contributed by atoms with van der Waals surface area (Å²) in [7, 11) is 0. The maximum absolute atomic E-state index is 12.9. The van der Waals surface area contributed by atoms with Crippen LogP contribution in [0.3, 0.4) is 0 Å². The van der Waals surface area contributed by atoms with Crippen LogP contribution in [-0.2, 0) is 28.6 Å². The summed E-state index contributed by atoms with van der Waals surface area (Å²) in [5.41, 5.74) is 0. The molecule has 0 rings (SSSR count). The predicted octanol–water partition coefficient (Wildman–Crippen LogP) is 20.4. The normalized spacial score (nSPS) is 12.0. The second-order valence-electron chi connectivity index (χ2n) is 22.3. The summed E-state index contributed by atoms with van der Waals surface area (Å²) in [6.07, 6.45) is 59.5. The quantitative estimate of drug-likeness (QED) is 0.0343. The molecule has 0 aromatic heterocycles. The first-order valence-corrected chi connectivity index (χ1v) is 30.7. The van der Waals surface area contributed by atoms with Gasteiger partial charge >= 0.3 is 17.9 Å². The van der Waals surface area contributed by atoms with Gasteiger partial charge in [0.2, 0.25) is 0 Å². The zero-order valence-electron chi connectivity index (χ0n) is 46.7. The molecule has 0 spiro atoms. The summed E-state index contributed by atoms with van der Waals surface area (Å²) in [5.74, 6) is 0.864. The third kappa shape index (κ3) is 55.3. The average molecular weight is 962 g/mol. The van der Waals surface area contributed by atoms with E-state index in [1.807, 2.05) is 0 Å². The number of hydrogen-bond acceptors (Lipinski definition) is 6. The van der Waals surface area contributed by atoms with Crippen molar-refractivity contribution in [3.05, 3.63) is 0 Å². The van der Waals surface area contributed by atoms with Gasteiger partial charge in [-0.3, -0.25) is 14.4 Å². The Balaban J connectivity index is 4.28. The Hall–Kier alpha value is -1.59. The lowest BCUT2D eigenvalue weighted by Crippen LogP contribution is -2.30. The van der Waals surface area contributed by atoms with E-state index in [4.69, 9.17) is 14.2 Å². The summed E-state index contributed by atoms with van der Waals surface area (Å²) in [5, 5.41) is 0. The molecule has 0 N–H and O–H groups in total. The Morgan fingerprint density at radius 1 is 0.279 bits per heavy atom. The highest BCUT2D eigenvalue weighted by molar-refractivity contribution is 5.71. The molecule has 0 fully saturated rings. The Kier molecular flexibility index (Phi) is 53.5. The Bertz CT molecular complexity index is 1040. The molecule has 6 heteroatoms. The molecule has 0 aromatic carbocycles. The first-order valence-electron chi connectivity index (χ1n) is 30.7. The highest BCUT2D eigenvalue weighted by Crippen LogP contribution is 2.19. The van der Waals surface area contributed by atoms with Gasteiger partial charge in [0, 0.05) is 19.3 Å². The van der Waals surface area contributed by atoms with E-state index in [9.17, 15) is 14.4 Å². The van der Waals surface area contributed by atoms with Crippen LogP contribution < -0.4 is 0 Å². The molecule has 0 bridgehead atoms. The molecule has 404 valence electrons. The molecule has 0 aliphatic carbocycles. The van der Waals surface area contributed by atoms with E-state index in [-0.39, 0.29) is 31.1 Å². The molecule has 0 saturated carbocycles. The van der Waals surface area contributed by atoms with Crippen LogP contribution in [0.4, 0.5) is 0 Å². The number of carbonyl (C=O) groups excluding carboxylic acids is 3. The van der Waals surface area contributed by atoms with Crippen molar-refractivity contribution >= 4 is 17.9 Å². The molecule has 6 nitrogen and oxygen atoms in total. The summed E-state index contributed by atoms with van der Waals surface area (Å²) >= 11 is 0. The van der Waals surface area contributed by atoms with Crippen molar-refractivity contribution in [2.24, 2.45) is 11.8 Å². The van der Waals surface area contributed by atoms with Gasteiger partial charge in [-0.15, -0.1) is 0 Å². The van der Waals surface area contributed by atoms with E-state index in [1.165, 1.54) is 238 Å². The van der Waals surface area contributed by atoms with Gasteiger partial charge in [0.1, 0.15) is 13.2 Å². The molecular weight excluding hydrogens is 841 g/mol. The molecule has 1 atom stereocenters. The van der Waals surface area contributed by atoms with Crippen molar-refractivity contribution in [2.45, 2.75) is 355 Å². The molecule has 0 aromatic rings. The van der Waals surface area contributed by atoms with Crippen LogP contribution in [0.5, 0.6) is 0 Å². The van der Waals surface area contributed by atoms with Crippen molar-refractivity contribution in [2.75, 3.05) is 13.2 Å². The van der Waals surface area contributed by atoms with E-state index < -0.39 is 6.10 Å². The van der Waals surface area contributed by atoms with E-state index >= 15 is 0 Å². The van der Waals surface area contributed by atoms with Crippen LogP contribution >= 0.6 is 0 Å². The van der Waals surface area contributed by atoms with Crippen LogP contribution in [0.25, 0.3) is 0 Å². The van der Waals surface area contributed by atoms with E-state index in [0.717, 1.165) is 69.6 Å². The standard InChI is InChI=1S/C62H120O6/c1-6-7-8-9-10-11-12-13-22-27-32-37-42-47-52-60(63)66-55-59(68-62(65)54-49-44-39-34-29-24-19-15-17-21-26-31-36-41-46-51-58(4)5)56-67-61(64)53-48-43-38-33-28-23-18-14-16-20-25-30-35-40-45-50-57(2)3/h57-59H,6-56H2,1-5H3/t59-/m0/s1. The fraction of sp³-hybridized carbons (Fsp3) is 0.952. The summed E-state index contributed by atoms with van der Waals surface area (Å²) < 4.78 is 16.9. The lowest BCUT2D eigenvalue weighted by Gasteiger charge is -2.18. The topological polar surface area (TPSA) is 78.9 Å². The smallest absolute Gasteiger partial charge is 0.306 e. The Morgan fingerprint density at radius 3 is 0.721 bits per heavy atom. The van der Waals surface area contributed by atoms with E-state index in [0.29, 0.717) is 19.3 Å². The molecule has 0 unspecified atom stereocenters. The van der Waals surface area contributed by atoms with Crippen molar-refractivity contribution < 1.29 is 28.6 Å². The molecule has 0 aliphatic heterocycles. The maximum Gasteiger partial charge on any atom is 0.306 e. The number of ether oxygens (including phenoxy) is 3. The van der Waals surface area contributed by atoms with Gasteiger partial charge in [0.05, 0.1) is 0 Å². The lowest BCUT2D eigenvalue weighted by molar-refractivity contribution is -0.167. The molecule has 0 heterocycles. The first kappa shape index (κ1) is 66.4. The fourth-order valence-corrected chi connectivity index (χ4v) is 9.58. The van der Waals surface area contributed by atoms with Crippen molar-refractivity contribution in [1.82, 2.24) is 0 Å². The first-order chi connectivity index (χ1) is 33.2. The van der Waals surface area contributed by atoms with Gasteiger partial charge in [0.25, 0.3) is 0 Å². The second kappa shape index (κ2) is 54.7. The second-order valence-corrected chi connectivity index (χ2v) is 22.3. The van der Waals surface area contributed by atoms with Crippen LogP contribution in [0.2, 0.25) is 0 Å². The Labute approximate surface area is 425 Å². The largest absolute Gasteiger partial charge is 0.462 e. The van der Waals surface area contributed by atoms with Crippen LogP contribution in [-0.4, -0.2) is 37.2 Å². The number of carbonyl (C=O) groups is 3. The van der Waals surface area contributed by atoms with Gasteiger partial charge in [-0.1, -0.05) is 311 Å². The lowest BCUT2D eigenvalue weighted by atomic mass is 10.0.